The predicted octanol–water partition coefficient (Wildman–Crippen LogP) is 2.78. The van der Waals surface area contributed by atoms with E-state index < -0.39 is 22.5 Å². The van der Waals surface area contributed by atoms with E-state index in [1.165, 1.54) is 24.3 Å². The minimum Gasteiger partial charge on any atom is -0.325 e. The van der Waals surface area contributed by atoms with E-state index >= 15 is 0 Å². The average Bonchev–Trinajstić information content (AvgIpc) is 2.55. The molecule has 0 atom stereocenters. The van der Waals surface area contributed by atoms with Gasteiger partial charge in [0, 0.05) is 5.69 Å². The molecule has 0 spiro atoms. The lowest BCUT2D eigenvalue weighted by Gasteiger charge is -2.08. The first kappa shape index (κ1) is 18.2. The van der Waals surface area contributed by atoms with Crippen LogP contribution in [-0.4, -0.2) is 20.9 Å². The minimum absolute atomic E-state index is 0.0947. The fraction of sp³-hybridized carbons (Fsp3) is 0.0667. The molecule has 0 unspecified atom stereocenters. The SMILES string of the molecule is N#Cc1cccc(NC(=O)CNS(=O)(=O)c2ccc(Cl)c(Cl)c2)c1. The maximum Gasteiger partial charge on any atom is 0.241 e. The van der Waals surface area contributed by atoms with Gasteiger partial charge in [0.15, 0.2) is 0 Å². The molecule has 0 bridgehead atoms. The molecule has 2 aromatic carbocycles. The molecule has 1 amide bonds. The highest BCUT2D eigenvalue weighted by molar-refractivity contribution is 7.89. The summed E-state index contributed by atoms with van der Waals surface area (Å²) in [6.07, 6.45) is 0. The summed E-state index contributed by atoms with van der Waals surface area (Å²) in [6, 6.07) is 12.0. The van der Waals surface area contributed by atoms with Crippen LogP contribution in [-0.2, 0) is 14.8 Å². The molecule has 0 aliphatic carbocycles. The monoisotopic (exact) mass is 383 g/mol. The fourth-order valence-corrected chi connectivity index (χ4v) is 3.13. The topological polar surface area (TPSA) is 99.1 Å². The largest absolute Gasteiger partial charge is 0.325 e. The molecule has 0 saturated heterocycles. The first-order valence-electron chi connectivity index (χ1n) is 6.56. The van der Waals surface area contributed by atoms with Crippen molar-refractivity contribution in [2.24, 2.45) is 0 Å². The molecule has 9 heteroatoms. The summed E-state index contributed by atoms with van der Waals surface area (Å²) in [4.78, 5) is 11.7. The van der Waals surface area contributed by atoms with Gasteiger partial charge in [0.1, 0.15) is 0 Å². The number of rotatable bonds is 5. The molecule has 0 fully saturated rings. The Morgan fingerprint density at radius 1 is 1.12 bits per heavy atom. The second-order valence-corrected chi connectivity index (χ2v) is 7.22. The van der Waals surface area contributed by atoms with E-state index in [1.807, 2.05) is 6.07 Å². The number of sulfonamides is 1. The van der Waals surface area contributed by atoms with Crippen LogP contribution in [0.4, 0.5) is 5.69 Å². The molecule has 2 rings (SSSR count). The van der Waals surface area contributed by atoms with Gasteiger partial charge in [-0.25, -0.2) is 13.1 Å². The number of hydrogen-bond donors (Lipinski definition) is 2. The van der Waals surface area contributed by atoms with E-state index in [0.717, 1.165) is 0 Å². The molecule has 24 heavy (non-hydrogen) atoms. The highest BCUT2D eigenvalue weighted by atomic mass is 35.5. The molecule has 2 N–H and O–H groups in total. The maximum absolute atomic E-state index is 12.1. The van der Waals surface area contributed by atoms with Crippen molar-refractivity contribution in [3.8, 4) is 6.07 Å². The third kappa shape index (κ3) is 4.69. The second kappa shape index (κ2) is 7.64. The zero-order chi connectivity index (χ0) is 17.7. The van der Waals surface area contributed by atoms with Gasteiger partial charge in [0.2, 0.25) is 15.9 Å². The number of amides is 1. The lowest BCUT2D eigenvalue weighted by molar-refractivity contribution is -0.115. The summed E-state index contributed by atoms with van der Waals surface area (Å²) in [6.45, 7) is -0.473. The van der Waals surface area contributed by atoms with Crippen molar-refractivity contribution >= 4 is 44.8 Å². The number of hydrogen-bond acceptors (Lipinski definition) is 4. The Hall–Kier alpha value is -2.11. The first-order valence-corrected chi connectivity index (χ1v) is 8.80. The smallest absolute Gasteiger partial charge is 0.241 e. The minimum atomic E-state index is -3.91. The highest BCUT2D eigenvalue weighted by Crippen LogP contribution is 2.24. The van der Waals surface area contributed by atoms with Crippen LogP contribution in [0.2, 0.25) is 10.0 Å². The van der Waals surface area contributed by atoms with Crippen molar-refractivity contribution in [3.05, 3.63) is 58.1 Å². The summed E-state index contributed by atoms with van der Waals surface area (Å²) in [5.74, 6) is -0.575. The van der Waals surface area contributed by atoms with Crippen LogP contribution in [0.15, 0.2) is 47.4 Å². The zero-order valence-corrected chi connectivity index (χ0v) is 14.4. The number of benzene rings is 2. The van der Waals surface area contributed by atoms with Gasteiger partial charge in [-0.2, -0.15) is 5.26 Å². The van der Waals surface area contributed by atoms with Crippen LogP contribution in [0.25, 0.3) is 0 Å². The Kier molecular flexibility index (Phi) is 5.80. The number of nitriles is 1. The molecule has 0 saturated carbocycles. The van der Waals surface area contributed by atoms with Crippen molar-refractivity contribution in [1.29, 1.82) is 5.26 Å². The van der Waals surface area contributed by atoms with E-state index in [-0.39, 0.29) is 14.9 Å². The summed E-state index contributed by atoms with van der Waals surface area (Å²) in [7, 11) is -3.91. The van der Waals surface area contributed by atoms with Crippen LogP contribution in [0.1, 0.15) is 5.56 Å². The van der Waals surface area contributed by atoms with Crippen LogP contribution >= 0.6 is 23.2 Å². The third-order valence-corrected chi connectivity index (χ3v) is 5.04. The van der Waals surface area contributed by atoms with Crippen molar-refractivity contribution in [2.45, 2.75) is 4.90 Å². The van der Waals surface area contributed by atoms with Gasteiger partial charge >= 0.3 is 0 Å². The molecule has 0 radical (unpaired) electrons. The normalized spacial score (nSPS) is 10.9. The molecule has 0 heterocycles. The fourth-order valence-electron chi connectivity index (χ4n) is 1.76. The van der Waals surface area contributed by atoms with Crippen molar-refractivity contribution in [2.75, 3.05) is 11.9 Å². The standard InChI is InChI=1S/C15H11Cl2N3O3S/c16-13-5-4-12(7-14(13)17)24(22,23)19-9-15(21)20-11-3-1-2-10(6-11)8-18/h1-7,19H,9H2,(H,20,21). The molecular weight excluding hydrogens is 373 g/mol. The van der Waals surface area contributed by atoms with Crippen LogP contribution < -0.4 is 10.0 Å². The van der Waals surface area contributed by atoms with E-state index in [9.17, 15) is 13.2 Å². The number of halogens is 2. The summed E-state index contributed by atoms with van der Waals surface area (Å²) in [5.41, 5.74) is 0.775. The van der Waals surface area contributed by atoms with E-state index in [0.29, 0.717) is 11.3 Å². The average molecular weight is 384 g/mol. The first-order chi connectivity index (χ1) is 11.3. The molecule has 0 aromatic heterocycles. The summed E-state index contributed by atoms with van der Waals surface area (Å²) < 4.78 is 26.4. The third-order valence-electron chi connectivity index (χ3n) is 2.90. The maximum atomic E-state index is 12.1. The van der Waals surface area contributed by atoms with Crippen LogP contribution in [0.3, 0.4) is 0 Å². The van der Waals surface area contributed by atoms with Gasteiger partial charge in [-0.1, -0.05) is 29.3 Å². The zero-order valence-electron chi connectivity index (χ0n) is 12.1. The molecule has 6 nitrogen and oxygen atoms in total. The van der Waals surface area contributed by atoms with Gasteiger partial charge in [-0.05, 0) is 36.4 Å². The Morgan fingerprint density at radius 3 is 2.54 bits per heavy atom. The number of nitrogens with zero attached hydrogens (tertiary/aromatic N) is 1. The van der Waals surface area contributed by atoms with E-state index in [4.69, 9.17) is 28.5 Å². The Bertz CT molecular complexity index is 924. The van der Waals surface area contributed by atoms with Crippen molar-refractivity contribution < 1.29 is 13.2 Å². The number of carbonyl (C=O) groups is 1. The summed E-state index contributed by atoms with van der Waals surface area (Å²) in [5, 5.41) is 11.6. The predicted molar refractivity (Wildman–Crippen MR) is 91.4 cm³/mol. The second-order valence-electron chi connectivity index (χ2n) is 4.64. The quantitative estimate of drug-likeness (QED) is 0.828. The van der Waals surface area contributed by atoms with Gasteiger partial charge in [-0.3, -0.25) is 4.79 Å². The van der Waals surface area contributed by atoms with Crippen molar-refractivity contribution in [1.82, 2.24) is 4.72 Å². The van der Waals surface area contributed by atoms with E-state index in [2.05, 4.69) is 10.0 Å². The Morgan fingerprint density at radius 2 is 1.88 bits per heavy atom. The number of carbonyl (C=O) groups excluding carboxylic acids is 1. The number of anilines is 1. The van der Waals surface area contributed by atoms with Crippen molar-refractivity contribution in [3.63, 3.8) is 0 Å². The molecule has 0 aliphatic heterocycles. The van der Waals surface area contributed by atoms with Gasteiger partial charge in [-0.15, -0.1) is 0 Å². The van der Waals surface area contributed by atoms with Gasteiger partial charge < -0.3 is 5.32 Å². The molecule has 2 aromatic rings. The van der Waals surface area contributed by atoms with Gasteiger partial charge in [0.25, 0.3) is 0 Å². The highest BCUT2D eigenvalue weighted by Gasteiger charge is 2.17. The Balaban J connectivity index is 2.02. The lowest BCUT2D eigenvalue weighted by Crippen LogP contribution is -2.32. The molecule has 0 aliphatic rings. The Labute approximate surface area is 149 Å². The van der Waals surface area contributed by atoms with E-state index in [1.54, 1.807) is 18.2 Å². The van der Waals surface area contributed by atoms with Crippen LogP contribution in [0.5, 0.6) is 0 Å². The summed E-state index contributed by atoms with van der Waals surface area (Å²) >= 11 is 11.5. The molecular formula is C15H11Cl2N3O3S. The van der Waals surface area contributed by atoms with Crippen LogP contribution in [0, 0.1) is 11.3 Å². The van der Waals surface area contributed by atoms with Gasteiger partial charge in [0.05, 0.1) is 33.1 Å². The lowest BCUT2D eigenvalue weighted by atomic mass is 10.2. The number of nitrogens with one attached hydrogen (secondary N) is 2. The molecule has 124 valence electrons.